The number of phenols is 1. The van der Waals surface area contributed by atoms with Gasteiger partial charge in [0.15, 0.2) is 11.5 Å². The number of benzene rings is 2. The molecule has 1 aliphatic heterocycles. The van der Waals surface area contributed by atoms with E-state index in [1.54, 1.807) is 18.2 Å². The lowest BCUT2D eigenvalue weighted by molar-refractivity contribution is 0.303. The van der Waals surface area contributed by atoms with Crippen LogP contribution >= 0.6 is 0 Å². The standard InChI is InChI=1S/C16H16O3/c17-14-3-1-2-4-16(14)19-9-7-12-5-6-15-13(11-12)8-10-18-15/h1-6,11,17H,7-10H2. The van der Waals surface area contributed by atoms with E-state index in [2.05, 4.69) is 12.1 Å². The maximum Gasteiger partial charge on any atom is 0.160 e. The van der Waals surface area contributed by atoms with Gasteiger partial charge in [0.2, 0.25) is 0 Å². The van der Waals surface area contributed by atoms with Crippen LogP contribution in [0.25, 0.3) is 0 Å². The maximum atomic E-state index is 9.59. The molecule has 3 nitrogen and oxygen atoms in total. The molecule has 0 radical (unpaired) electrons. The second-order valence-corrected chi connectivity index (χ2v) is 4.61. The Kier molecular flexibility index (Phi) is 3.27. The van der Waals surface area contributed by atoms with Crippen molar-refractivity contribution in [3.05, 3.63) is 53.6 Å². The van der Waals surface area contributed by atoms with Crippen molar-refractivity contribution in [2.45, 2.75) is 12.8 Å². The van der Waals surface area contributed by atoms with Gasteiger partial charge < -0.3 is 14.6 Å². The summed E-state index contributed by atoms with van der Waals surface area (Å²) in [6.07, 6.45) is 1.81. The van der Waals surface area contributed by atoms with Gasteiger partial charge in [0.05, 0.1) is 13.2 Å². The van der Waals surface area contributed by atoms with E-state index in [0.29, 0.717) is 12.4 Å². The number of para-hydroxylation sites is 2. The quantitative estimate of drug-likeness (QED) is 0.914. The first kappa shape index (κ1) is 11.9. The highest BCUT2D eigenvalue weighted by atomic mass is 16.5. The Morgan fingerprint density at radius 1 is 1.16 bits per heavy atom. The van der Waals surface area contributed by atoms with Crippen molar-refractivity contribution in [1.82, 2.24) is 0 Å². The third-order valence-electron chi connectivity index (χ3n) is 3.27. The Balaban J connectivity index is 1.59. The van der Waals surface area contributed by atoms with Gasteiger partial charge in [-0.2, -0.15) is 0 Å². The van der Waals surface area contributed by atoms with Gasteiger partial charge in [-0.3, -0.25) is 0 Å². The van der Waals surface area contributed by atoms with Crippen molar-refractivity contribution < 1.29 is 14.6 Å². The Morgan fingerprint density at radius 3 is 2.95 bits per heavy atom. The van der Waals surface area contributed by atoms with Gasteiger partial charge in [-0.15, -0.1) is 0 Å². The number of aromatic hydroxyl groups is 1. The Bertz CT molecular complexity index is 578. The molecule has 0 unspecified atom stereocenters. The largest absolute Gasteiger partial charge is 0.504 e. The average Bonchev–Trinajstić information content (AvgIpc) is 2.88. The average molecular weight is 256 g/mol. The molecule has 1 aliphatic rings. The molecule has 19 heavy (non-hydrogen) atoms. The second-order valence-electron chi connectivity index (χ2n) is 4.61. The van der Waals surface area contributed by atoms with E-state index in [0.717, 1.165) is 25.2 Å². The van der Waals surface area contributed by atoms with Gasteiger partial charge in [0, 0.05) is 12.8 Å². The minimum Gasteiger partial charge on any atom is -0.504 e. The molecule has 0 atom stereocenters. The summed E-state index contributed by atoms with van der Waals surface area (Å²) in [5, 5.41) is 9.59. The summed E-state index contributed by atoms with van der Waals surface area (Å²) < 4.78 is 11.1. The molecule has 0 spiro atoms. The van der Waals surface area contributed by atoms with E-state index in [-0.39, 0.29) is 5.75 Å². The predicted octanol–water partition coefficient (Wildman–Crippen LogP) is 2.95. The van der Waals surface area contributed by atoms with Crippen LogP contribution in [0.5, 0.6) is 17.2 Å². The Labute approximate surface area is 112 Å². The van der Waals surface area contributed by atoms with Crippen LogP contribution in [0.1, 0.15) is 11.1 Å². The van der Waals surface area contributed by atoms with Crippen molar-refractivity contribution in [3.8, 4) is 17.2 Å². The number of hydrogen-bond acceptors (Lipinski definition) is 3. The van der Waals surface area contributed by atoms with Gasteiger partial charge in [-0.1, -0.05) is 24.3 Å². The van der Waals surface area contributed by atoms with Crippen LogP contribution in [-0.2, 0) is 12.8 Å². The molecule has 1 N–H and O–H groups in total. The Hall–Kier alpha value is -2.16. The van der Waals surface area contributed by atoms with Crippen molar-refractivity contribution in [3.63, 3.8) is 0 Å². The zero-order chi connectivity index (χ0) is 13.1. The van der Waals surface area contributed by atoms with Crippen LogP contribution in [0, 0.1) is 0 Å². The fourth-order valence-corrected chi connectivity index (χ4v) is 2.25. The third kappa shape index (κ3) is 2.65. The maximum absolute atomic E-state index is 9.59. The van der Waals surface area contributed by atoms with Crippen LogP contribution < -0.4 is 9.47 Å². The summed E-state index contributed by atoms with van der Waals surface area (Å²) >= 11 is 0. The molecular formula is C16H16O3. The van der Waals surface area contributed by atoms with Gasteiger partial charge in [-0.25, -0.2) is 0 Å². The van der Waals surface area contributed by atoms with E-state index in [1.807, 2.05) is 12.1 Å². The Morgan fingerprint density at radius 2 is 2.05 bits per heavy atom. The monoisotopic (exact) mass is 256 g/mol. The SMILES string of the molecule is Oc1ccccc1OCCc1ccc2c(c1)CCO2. The van der Waals surface area contributed by atoms with Crippen LogP contribution in [0.3, 0.4) is 0 Å². The molecule has 2 aromatic carbocycles. The lowest BCUT2D eigenvalue weighted by Gasteiger charge is -2.08. The van der Waals surface area contributed by atoms with Crippen molar-refractivity contribution in [1.29, 1.82) is 0 Å². The van der Waals surface area contributed by atoms with Crippen LogP contribution in [-0.4, -0.2) is 18.3 Å². The van der Waals surface area contributed by atoms with Gasteiger partial charge in [-0.05, 0) is 29.3 Å². The minimum atomic E-state index is 0.185. The van der Waals surface area contributed by atoms with E-state index in [9.17, 15) is 5.11 Å². The highest BCUT2D eigenvalue weighted by Crippen LogP contribution is 2.27. The second kappa shape index (κ2) is 5.22. The molecule has 1 heterocycles. The molecule has 2 aromatic rings. The fraction of sp³-hybridized carbons (Fsp3) is 0.250. The summed E-state index contributed by atoms with van der Waals surface area (Å²) in [5.41, 5.74) is 2.51. The van der Waals surface area contributed by atoms with E-state index in [4.69, 9.17) is 9.47 Å². The lowest BCUT2D eigenvalue weighted by Crippen LogP contribution is -2.01. The summed E-state index contributed by atoms with van der Waals surface area (Å²) in [4.78, 5) is 0. The number of hydrogen-bond donors (Lipinski definition) is 1. The lowest BCUT2D eigenvalue weighted by atomic mass is 10.1. The van der Waals surface area contributed by atoms with Crippen molar-refractivity contribution >= 4 is 0 Å². The zero-order valence-electron chi connectivity index (χ0n) is 10.6. The minimum absolute atomic E-state index is 0.185. The van der Waals surface area contributed by atoms with E-state index < -0.39 is 0 Å². The van der Waals surface area contributed by atoms with E-state index in [1.165, 1.54) is 11.1 Å². The van der Waals surface area contributed by atoms with Crippen LogP contribution in [0.4, 0.5) is 0 Å². The third-order valence-corrected chi connectivity index (χ3v) is 3.27. The molecule has 0 aromatic heterocycles. The first-order chi connectivity index (χ1) is 9.33. The molecule has 0 amide bonds. The van der Waals surface area contributed by atoms with Crippen molar-refractivity contribution in [2.24, 2.45) is 0 Å². The zero-order valence-corrected chi connectivity index (χ0v) is 10.6. The molecule has 0 bridgehead atoms. The summed E-state index contributed by atoms with van der Waals surface area (Å²) in [6, 6.07) is 13.3. The molecule has 3 rings (SSSR count). The van der Waals surface area contributed by atoms with Gasteiger partial charge in [0.25, 0.3) is 0 Å². The first-order valence-electron chi connectivity index (χ1n) is 6.48. The molecule has 0 aliphatic carbocycles. The number of phenolic OH excluding ortho intramolecular Hbond substituents is 1. The molecule has 3 heteroatoms. The summed E-state index contributed by atoms with van der Waals surface area (Å²) in [7, 11) is 0. The van der Waals surface area contributed by atoms with Crippen LogP contribution in [0.15, 0.2) is 42.5 Å². The number of fused-ring (bicyclic) bond motifs is 1. The van der Waals surface area contributed by atoms with Gasteiger partial charge in [0.1, 0.15) is 5.75 Å². The highest BCUT2D eigenvalue weighted by molar-refractivity contribution is 5.40. The van der Waals surface area contributed by atoms with Gasteiger partial charge >= 0.3 is 0 Å². The van der Waals surface area contributed by atoms with Crippen molar-refractivity contribution in [2.75, 3.05) is 13.2 Å². The van der Waals surface area contributed by atoms with E-state index >= 15 is 0 Å². The number of ether oxygens (including phenoxy) is 2. The molecule has 0 saturated heterocycles. The predicted molar refractivity (Wildman–Crippen MR) is 72.9 cm³/mol. The molecular weight excluding hydrogens is 240 g/mol. The number of rotatable bonds is 4. The fourth-order valence-electron chi connectivity index (χ4n) is 2.25. The summed E-state index contributed by atoms with van der Waals surface area (Å²) in [5.74, 6) is 1.72. The highest BCUT2D eigenvalue weighted by Gasteiger charge is 2.11. The topological polar surface area (TPSA) is 38.7 Å². The van der Waals surface area contributed by atoms with Crippen LogP contribution in [0.2, 0.25) is 0 Å². The molecule has 0 fully saturated rings. The molecule has 0 saturated carbocycles. The normalized spacial score (nSPS) is 12.8. The summed E-state index contributed by atoms with van der Waals surface area (Å²) in [6.45, 7) is 1.34. The molecule has 98 valence electrons. The first-order valence-corrected chi connectivity index (χ1v) is 6.48. The smallest absolute Gasteiger partial charge is 0.160 e.